The Labute approximate surface area is 143 Å². The second-order valence-corrected chi connectivity index (χ2v) is 5.74. The van der Waals surface area contributed by atoms with Crippen molar-refractivity contribution in [1.82, 2.24) is 24.5 Å². The fourth-order valence-corrected chi connectivity index (χ4v) is 2.93. The van der Waals surface area contributed by atoms with Gasteiger partial charge in [-0.15, -0.1) is 10.2 Å². The zero-order valence-corrected chi connectivity index (χ0v) is 13.9. The third-order valence-electron chi connectivity index (χ3n) is 4.27. The van der Waals surface area contributed by atoms with Crippen LogP contribution in [0.3, 0.4) is 0 Å². The SMILES string of the molecule is COc1ccc2c(c1)cc(C(=O)NCc1nnc3ccccn13)n2C. The van der Waals surface area contributed by atoms with Gasteiger partial charge in [-0.05, 0) is 36.4 Å². The van der Waals surface area contributed by atoms with Crippen molar-refractivity contribution in [2.45, 2.75) is 6.54 Å². The first-order valence-corrected chi connectivity index (χ1v) is 7.87. The summed E-state index contributed by atoms with van der Waals surface area (Å²) in [5.41, 5.74) is 2.31. The maximum atomic E-state index is 12.6. The number of benzene rings is 1. The highest BCUT2D eigenvalue weighted by molar-refractivity contribution is 5.98. The maximum absolute atomic E-state index is 12.6. The van der Waals surface area contributed by atoms with Crippen LogP contribution in [0.15, 0.2) is 48.7 Å². The highest BCUT2D eigenvalue weighted by atomic mass is 16.5. The molecule has 4 rings (SSSR count). The van der Waals surface area contributed by atoms with E-state index in [2.05, 4.69) is 15.5 Å². The van der Waals surface area contributed by atoms with E-state index < -0.39 is 0 Å². The molecule has 0 saturated carbocycles. The van der Waals surface area contributed by atoms with E-state index in [1.54, 1.807) is 7.11 Å². The second-order valence-electron chi connectivity index (χ2n) is 5.74. The van der Waals surface area contributed by atoms with Gasteiger partial charge in [0.05, 0.1) is 13.7 Å². The minimum absolute atomic E-state index is 0.162. The summed E-state index contributed by atoms with van der Waals surface area (Å²) in [7, 11) is 3.50. The van der Waals surface area contributed by atoms with Crippen molar-refractivity contribution < 1.29 is 9.53 Å². The van der Waals surface area contributed by atoms with E-state index >= 15 is 0 Å². The van der Waals surface area contributed by atoms with E-state index in [4.69, 9.17) is 4.74 Å². The first kappa shape index (κ1) is 15.2. The van der Waals surface area contributed by atoms with Gasteiger partial charge in [0, 0.05) is 24.1 Å². The molecule has 7 nitrogen and oxygen atoms in total. The molecular formula is C18H17N5O2. The topological polar surface area (TPSA) is 73.4 Å². The third-order valence-corrected chi connectivity index (χ3v) is 4.27. The number of aromatic nitrogens is 4. The summed E-state index contributed by atoms with van der Waals surface area (Å²) < 4.78 is 8.96. The number of hydrogen-bond donors (Lipinski definition) is 1. The molecule has 0 spiro atoms. The third kappa shape index (κ3) is 2.59. The van der Waals surface area contributed by atoms with Crippen molar-refractivity contribution >= 4 is 22.5 Å². The van der Waals surface area contributed by atoms with E-state index in [0.29, 0.717) is 18.1 Å². The van der Waals surface area contributed by atoms with E-state index in [9.17, 15) is 4.79 Å². The number of rotatable bonds is 4. The van der Waals surface area contributed by atoms with Crippen molar-refractivity contribution in [3.05, 3.63) is 60.2 Å². The number of pyridine rings is 1. The summed E-state index contributed by atoms with van der Waals surface area (Å²) >= 11 is 0. The van der Waals surface area contributed by atoms with Gasteiger partial charge in [-0.3, -0.25) is 9.20 Å². The van der Waals surface area contributed by atoms with Gasteiger partial charge in [-0.25, -0.2) is 0 Å². The predicted octanol–water partition coefficient (Wildman–Crippen LogP) is 2.16. The maximum Gasteiger partial charge on any atom is 0.268 e. The average molecular weight is 335 g/mol. The lowest BCUT2D eigenvalue weighted by atomic mass is 10.2. The van der Waals surface area contributed by atoms with Crippen LogP contribution >= 0.6 is 0 Å². The Bertz CT molecular complexity index is 1080. The molecule has 0 aliphatic rings. The van der Waals surface area contributed by atoms with Crippen LogP contribution in [0, 0.1) is 0 Å². The van der Waals surface area contributed by atoms with Gasteiger partial charge in [-0.1, -0.05) is 6.07 Å². The first-order valence-electron chi connectivity index (χ1n) is 7.87. The number of hydrogen-bond acceptors (Lipinski definition) is 4. The largest absolute Gasteiger partial charge is 0.497 e. The lowest BCUT2D eigenvalue weighted by molar-refractivity contribution is 0.0942. The van der Waals surface area contributed by atoms with Crippen molar-refractivity contribution in [3.63, 3.8) is 0 Å². The molecule has 0 fully saturated rings. The summed E-state index contributed by atoms with van der Waals surface area (Å²) in [6, 6.07) is 13.3. The van der Waals surface area contributed by atoms with Gasteiger partial charge in [0.1, 0.15) is 11.4 Å². The number of nitrogens with zero attached hydrogens (tertiary/aromatic N) is 4. The molecule has 7 heteroatoms. The highest BCUT2D eigenvalue weighted by Crippen LogP contribution is 2.23. The van der Waals surface area contributed by atoms with Gasteiger partial charge in [0.15, 0.2) is 11.5 Å². The lowest BCUT2D eigenvalue weighted by Crippen LogP contribution is -2.25. The fraction of sp³-hybridized carbons (Fsp3) is 0.167. The first-order chi connectivity index (χ1) is 12.2. The standard InChI is InChI=1S/C18H17N5O2/c1-22-14-7-6-13(25-2)9-12(14)10-15(22)18(24)19-11-17-21-20-16-5-3-4-8-23(16)17/h3-10H,11H2,1-2H3,(H,19,24). The van der Waals surface area contributed by atoms with Gasteiger partial charge >= 0.3 is 0 Å². The summed E-state index contributed by atoms with van der Waals surface area (Å²) in [6.45, 7) is 0.300. The Kier molecular flexibility index (Phi) is 3.61. The Morgan fingerprint density at radius 2 is 2.08 bits per heavy atom. The van der Waals surface area contributed by atoms with Crippen LogP contribution in [0.2, 0.25) is 0 Å². The fourth-order valence-electron chi connectivity index (χ4n) is 2.93. The minimum atomic E-state index is -0.162. The molecule has 4 aromatic rings. The number of carbonyl (C=O) groups excluding carboxylic acids is 1. The Balaban J connectivity index is 1.58. The number of aryl methyl sites for hydroxylation is 1. The zero-order chi connectivity index (χ0) is 17.4. The normalized spacial score (nSPS) is 11.1. The summed E-state index contributed by atoms with van der Waals surface area (Å²) in [6.07, 6.45) is 1.87. The van der Waals surface area contributed by atoms with Gasteiger partial charge in [-0.2, -0.15) is 0 Å². The van der Waals surface area contributed by atoms with E-state index in [1.165, 1.54) is 0 Å². The van der Waals surface area contributed by atoms with Crippen LogP contribution in [-0.2, 0) is 13.6 Å². The minimum Gasteiger partial charge on any atom is -0.497 e. The van der Waals surface area contributed by atoms with Crippen LogP contribution < -0.4 is 10.1 Å². The van der Waals surface area contributed by atoms with Crippen molar-refractivity contribution in [2.75, 3.05) is 7.11 Å². The number of carbonyl (C=O) groups is 1. The van der Waals surface area contributed by atoms with Crippen molar-refractivity contribution in [1.29, 1.82) is 0 Å². The molecule has 1 amide bonds. The Morgan fingerprint density at radius 1 is 1.20 bits per heavy atom. The summed E-state index contributed by atoms with van der Waals surface area (Å²) in [5.74, 6) is 1.29. The number of methoxy groups -OCH3 is 1. The number of fused-ring (bicyclic) bond motifs is 2. The van der Waals surface area contributed by atoms with Gasteiger partial charge < -0.3 is 14.6 Å². The van der Waals surface area contributed by atoms with E-state index in [-0.39, 0.29) is 5.91 Å². The molecule has 0 atom stereocenters. The smallest absolute Gasteiger partial charge is 0.268 e. The van der Waals surface area contributed by atoms with Crippen LogP contribution in [0.1, 0.15) is 16.3 Å². The second kappa shape index (κ2) is 5.94. The number of amides is 1. The Hall–Kier alpha value is -3.35. The molecular weight excluding hydrogens is 318 g/mol. The average Bonchev–Trinajstić information content (AvgIpc) is 3.20. The molecule has 0 saturated heterocycles. The molecule has 0 bridgehead atoms. The molecule has 1 N–H and O–H groups in total. The molecule has 3 aromatic heterocycles. The molecule has 25 heavy (non-hydrogen) atoms. The van der Waals surface area contributed by atoms with Crippen LogP contribution in [-0.4, -0.2) is 32.2 Å². The van der Waals surface area contributed by atoms with Crippen LogP contribution in [0.4, 0.5) is 0 Å². The molecule has 0 unspecified atom stereocenters. The van der Waals surface area contributed by atoms with Crippen LogP contribution in [0.5, 0.6) is 5.75 Å². The van der Waals surface area contributed by atoms with Gasteiger partial charge in [0.25, 0.3) is 5.91 Å². The monoisotopic (exact) mass is 335 g/mol. The molecule has 0 aliphatic carbocycles. The summed E-state index contributed by atoms with van der Waals surface area (Å²) in [4.78, 5) is 12.6. The number of nitrogens with one attached hydrogen (secondary N) is 1. The Morgan fingerprint density at radius 3 is 2.92 bits per heavy atom. The summed E-state index contributed by atoms with van der Waals surface area (Å²) in [5, 5.41) is 12.1. The molecule has 1 aromatic carbocycles. The zero-order valence-electron chi connectivity index (χ0n) is 13.9. The lowest BCUT2D eigenvalue weighted by Gasteiger charge is -2.06. The predicted molar refractivity (Wildman–Crippen MR) is 93.6 cm³/mol. The van der Waals surface area contributed by atoms with Gasteiger partial charge in [0.2, 0.25) is 0 Å². The highest BCUT2D eigenvalue weighted by Gasteiger charge is 2.14. The van der Waals surface area contributed by atoms with Crippen molar-refractivity contribution in [2.24, 2.45) is 7.05 Å². The molecule has 0 radical (unpaired) electrons. The van der Waals surface area contributed by atoms with Crippen molar-refractivity contribution in [3.8, 4) is 5.75 Å². The van der Waals surface area contributed by atoms with Crippen LogP contribution in [0.25, 0.3) is 16.6 Å². The quantitative estimate of drug-likeness (QED) is 0.620. The molecule has 3 heterocycles. The van der Waals surface area contributed by atoms with E-state index in [1.807, 2.05) is 64.7 Å². The number of ether oxygens (including phenoxy) is 1. The van der Waals surface area contributed by atoms with E-state index in [0.717, 1.165) is 22.3 Å². The molecule has 0 aliphatic heterocycles. The molecule has 126 valence electrons.